The Bertz CT molecular complexity index is 413. The first kappa shape index (κ1) is 13.9. The lowest BCUT2D eigenvalue weighted by atomic mass is 10.2. The Balaban J connectivity index is 2.27. The third-order valence-corrected chi connectivity index (χ3v) is 6.85. The van der Waals surface area contributed by atoms with E-state index in [1.54, 1.807) is 6.92 Å². The lowest BCUT2D eigenvalue weighted by molar-refractivity contribution is 0.574. The smallest absolute Gasteiger partial charge is 0.154 e. The molecule has 1 unspecified atom stereocenters. The van der Waals surface area contributed by atoms with Gasteiger partial charge >= 0.3 is 0 Å². The molecule has 1 atom stereocenters. The molecule has 0 aromatic heterocycles. The van der Waals surface area contributed by atoms with Gasteiger partial charge < -0.3 is 5.32 Å². The zero-order chi connectivity index (χ0) is 12.2. The summed E-state index contributed by atoms with van der Waals surface area (Å²) in [6.07, 6.45) is 1.41. The molecule has 0 aliphatic carbocycles. The molecule has 1 fully saturated rings. The Morgan fingerprint density at radius 2 is 2.06 bits per heavy atom. The number of sulfone groups is 2. The van der Waals surface area contributed by atoms with Crippen LogP contribution in [0.1, 0.15) is 19.8 Å². The first-order chi connectivity index (χ1) is 7.37. The third kappa shape index (κ3) is 4.03. The predicted octanol–water partition coefficient (Wildman–Crippen LogP) is -0.412. The zero-order valence-corrected chi connectivity index (χ0v) is 11.1. The van der Waals surface area contributed by atoms with Gasteiger partial charge in [0, 0.05) is 18.8 Å². The van der Waals surface area contributed by atoms with E-state index in [4.69, 9.17) is 0 Å². The highest BCUT2D eigenvalue weighted by Gasteiger charge is 2.30. The molecule has 0 aromatic carbocycles. The first-order valence-electron chi connectivity index (χ1n) is 5.50. The van der Waals surface area contributed by atoms with Crippen molar-refractivity contribution in [3.63, 3.8) is 0 Å². The van der Waals surface area contributed by atoms with Gasteiger partial charge in [0.1, 0.15) is 0 Å². The number of hydrogen-bond acceptors (Lipinski definition) is 5. The van der Waals surface area contributed by atoms with Crippen molar-refractivity contribution in [1.29, 1.82) is 0 Å². The van der Waals surface area contributed by atoms with Crippen LogP contribution in [0.3, 0.4) is 0 Å². The van der Waals surface area contributed by atoms with E-state index in [1.807, 2.05) is 0 Å². The van der Waals surface area contributed by atoms with Crippen LogP contribution in [0.25, 0.3) is 0 Å². The summed E-state index contributed by atoms with van der Waals surface area (Å²) in [5.74, 6) is 0.485. The maximum Gasteiger partial charge on any atom is 0.154 e. The molecular weight excluding hydrogens is 250 g/mol. The van der Waals surface area contributed by atoms with Gasteiger partial charge in [-0.05, 0) is 12.8 Å². The summed E-state index contributed by atoms with van der Waals surface area (Å²) in [5.41, 5.74) is 0. The average molecular weight is 269 g/mol. The second-order valence-electron chi connectivity index (χ2n) is 4.07. The summed E-state index contributed by atoms with van der Waals surface area (Å²) in [6, 6.07) is 0. The first-order valence-corrected chi connectivity index (χ1v) is 9.04. The molecule has 1 heterocycles. The van der Waals surface area contributed by atoms with Crippen molar-refractivity contribution in [2.45, 2.75) is 25.0 Å². The van der Waals surface area contributed by atoms with Crippen LogP contribution in [0, 0.1) is 0 Å². The normalized spacial score (nSPS) is 24.7. The molecule has 0 radical (unpaired) electrons. The van der Waals surface area contributed by atoms with Crippen molar-refractivity contribution in [3.05, 3.63) is 0 Å². The van der Waals surface area contributed by atoms with Crippen molar-refractivity contribution < 1.29 is 16.8 Å². The number of nitrogens with one attached hydrogen (secondary N) is 1. The fourth-order valence-electron chi connectivity index (χ4n) is 1.72. The van der Waals surface area contributed by atoms with Crippen LogP contribution in [0.4, 0.5) is 0 Å². The molecule has 0 amide bonds. The Morgan fingerprint density at radius 3 is 2.56 bits per heavy atom. The molecule has 7 heteroatoms. The second-order valence-corrected chi connectivity index (χ2v) is 8.95. The quantitative estimate of drug-likeness (QED) is 0.663. The molecule has 96 valence electrons. The maximum absolute atomic E-state index is 11.5. The van der Waals surface area contributed by atoms with Gasteiger partial charge in [0.15, 0.2) is 19.7 Å². The van der Waals surface area contributed by atoms with Crippen molar-refractivity contribution in [2.24, 2.45) is 0 Å². The van der Waals surface area contributed by atoms with E-state index >= 15 is 0 Å². The molecule has 0 aromatic rings. The summed E-state index contributed by atoms with van der Waals surface area (Å²) in [6.45, 7) is 2.32. The molecule has 0 spiro atoms. The highest BCUT2D eigenvalue weighted by atomic mass is 32.2. The van der Waals surface area contributed by atoms with Crippen LogP contribution < -0.4 is 5.32 Å². The number of hydrogen-bond donors (Lipinski definition) is 1. The van der Waals surface area contributed by atoms with E-state index in [-0.39, 0.29) is 22.5 Å². The summed E-state index contributed by atoms with van der Waals surface area (Å²) >= 11 is 0. The highest BCUT2D eigenvalue weighted by molar-refractivity contribution is 7.92. The SMILES string of the molecule is CCS(=O)(=O)CCNCC1CCCS1(=O)=O. The molecule has 0 bridgehead atoms. The Hall–Kier alpha value is -0.140. The van der Waals surface area contributed by atoms with Gasteiger partial charge in [-0.3, -0.25) is 0 Å². The van der Waals surface area contributed by atoms with E-state index < -0.39 is 19.7 Å². The molecule has 0 saturated carbocycles. The van der Waals surface area contributed by atoms with Crippen LogP contribution in [0.5, 0.6) is 0 Å². The molecule has 1 saturated heterocycles. The van der Waals surface area contributed by atoms with Crippen molar-refractivity contribution in [3.8, 4) is 0 Å². The lowest BCUT2D eigenvalue weighted by Gasteiger charge is -2.10. The Labute approximate surface area is 97.5 Å². The van der Waals surface area contributed by atoms with Crippen LogP contribution in [-0.4, -0.2) is 52.4 Å². The third-order valence-electron chi connectivity index (χ3n) is 2.86. The minimum absolute atomic E-state index is 0.0796. The maximum atomic E-state index is 11.5. The molecule has 16 heavy (non-hydrogen) atoms. The van der Waals surface area contributed by atoms with E-state index in [2.05, 4.69) is 5.32 Å². The lowest BCUT2D eigenvalue weighted by Crippen LogP contribution is -2.33. The van der Waals surface area contributed by atoms with Gasteiger partial charge in [-0.1, -0.05) is 6.92 Å². The van der Waals surface area contributed by atoms with Crippen molar-refractivity contribution in [1.82, 2.24) is 5.32 Å². The van der Waals surface area contributed by atoms with Crippen molar-refractivity contribution in [2.75, 3.05) is 30.3 Å². The molecule has 1 aliphatic rings. The van der Waals surface area contributed by atoms with Gasteiger partial charge in [0.2, 0.25) is 0 Å². The molecule has 5 nitrogen and oxygen atoms in total. The van der Waals surface area contributed by atoms with Crippen LogP contribution in [0.2, 0.25) is 0 Å². The highest BCUT2D eigenvalue weighted by Crippen LogP contribution is 2.18. The summed E-state index contributed by atoms with van der Waals surface area (Å²) in [7, 11) is -5.88. The van der Waals surface area contributed by atoms with Gasteiger partial charge in [-0.15, -0.1) is 0 Å². The Kier molecular flexibility index (Phi) is 4.75. The standard InChI is InChI=1S/C9H19NO4S2/c1-2-15(11,12)7-5-10-8-9-4-3-6-16(9,13)14/h9-10H,2-8H2,1H3. The molecule has 1 aliphatic heterocycles. The zero-order valence-electron chi connectivity index (χ0n) is 9.48. The van der Waals surface area contributed by atoms with E-state index in [0.717, 1.165) is 6.42 Å². The van der Waals surface area contributed by atoms with Gasteiger partial charge in [0.05, 0.1) is 16.8 Å². The predicted molar refractivity (Wildman–Crippen MR) is 64.0 cm³/mol. The molecule has 1 rings (SSSR count). The summed E-state index contributed by atoms with van der Waals surface area (Å²) < 4.78 is 45.2. The fourth-order valence-corrected chi connectivity index (χ4v) is 4.27. The summed E-state index contributed by atoms with van der Waals surface area (Å²) in [5, 5.41) is 2.59. The second kappa shape index (κ2) is 5.46. The minimum Gasteiger partial charge on any atom is -0.314 e. The topological polar surface area (TPSA) is 80.3 Å². The van der Waals surface area contributed by atoms with E-state index in [9.17, 15) is 16.8 Å². The summed E-state index contributed by atoms with van der Waals surface area (Å²) in [4.78, 5) is 0. The number of rotatable bonds is 6. The molecule has 1 N–H and O–H groups in total. The van der Waals surface area contributed by atoms with Gasteiger partial charge in [-0.2, -0.15) is 0 Å². The fraction of sp³-hybridized carbons (Fsp3) is 1.00. The average Bonchev–Trinajstić information content (AvgIpc) is 2.53. The monoisotopic (exact) mass is 269 g/mol. The van der Waals surface area contributed by atoms with Crippen LogP contribution >= 0.6 is 0 Å². The minimum atomic E-state index is -2.96. The van der Waals surface area contributed by atoms with Gasteiger partial charge in [-0.25, -0.2) is 16.8 Å². The molecular formula is C9H19NO4S2. The van der Waals surface area contributed by atoms with Gasteiger partial charge in [0.25, 0.3) is 0 Å². The van der Waals surface area contributed by atoms with E-state index in [1.165, 1.54) is 0 Å². The van der Waals surface area contributed by atoms with E-state index in [0.29, 0.717) is 19.5 Å². The van der Waals surface area contributed by atoms with Crippen LogP contribution in [0.15, 0.2) is 0 Å². The van der Waals surface area contributed by atoms with Crippen LogP contribution in [-0.2, 0) is 19.7 Å². The largest absolute Gasteiger partial charge is 0.314 e. The Morgan fingerprint density at radius 1 is 1.38 bits per heavy atom. The van der Waals surface area contributed by atoms with Crippen molar-refractivity contribution >= 4 is 19.7 Å².